The molecule has 1 amide bonds. The minimum absolute atomic E-state index is 0.130. The van der Waals surface area contributed by atoms with Crippen molar-refractivity contribution >= 4 is 23.5 Å². The number of rotatable bonds is 4. The number of aromatic nitrogens is 3. The highest BCUT2D eigenvalue weighted by Gasteiger charge is 2.26. The molecule has 0 radical (unpaired) electrons. The van der Waals surface area contributed by atoms with Crippen molar-refractivity contribution in [1.29, 1.82) is 0 Å². The fourth-order valence-electron chi connectivity index (χ4n) is 2.87. The highest BCUT2D eigenvalue weighted by Crippen LogP contribution is 2.22. The number of halogens is 1. The van der Waals surface area contributed by atoms with Crippen molar-refractivity contribution in [2.75, 3.05) is 13.1 Å². The average molecular weight is 349 g/mol. The number of piperidine rings is 1. The zero-order chi connectivity index (χ0) is 17.1. The van der Waals surface area contributed by atoms with E-state index < -0.39 is 5.97 Å². The fraction of sp³-hybridized carbons (Fsp3) is 0.375. The van der Waals surface area contributed by atoms with Crippen molar-refractivity contribution in [2.45, 2.75) is 19.3 Å². The second-order valence-electron chi connectivity index (χ2n) is 5.83. The number of amides is 1. The molecule has 126 valence electrons. The molecule has 1 aliphatic rings. The minimum atomic E-state index is -0.789. The largest absolute Gasteiger partial charge is 0.481 e. The van der Waals surface area contributed by atoms with Crippen molar-refractivity contribution in [3.05, 3.63) is 41.2 Å². The van der Waals surface area contributed by atoms with E-state index in [2.05, 4.69) is 10.3 Å². The molecule has 24 heavy (non-hydrogen) atoms. The monoisotopic (exact) mass is 348 g/mol. The number of nitrogens with zero attached hydrogens (tertiary/aromatic N) is 4. The second kappa shape index (κ2) is 7.00. The molecule has 8 heteroatoms. The van der Waals surface area contributed by atoms with E-state index in [-0.39, 0.29) is 23.9 Å². The van der Waals surface area contributed by atoms with Crippen LogP contribution in [-0.2, 0) is 4.79 Å². The molecule has 0 atom stereocenters. The van der Waals surface area contributed by atoms with Crippen molar-refractivity contribution < 1.29 is 14.7 Å². The highest BCUT2D eigenvalue weighted by atomic mass is 35.5. The average Bonchev–Trinajstić information content (AvgIpc) is 3.04. The van der Waals surface area contributed by atoms with Crippen LogP contribution in [0.25, 0.3) is 5.69 Å². The molecular formula is C16H17ClN4O3. The Bertz CT molecular complexity index is 753. The van der Waals surface area contributed by atoms with Gasteiger partial charge in [0.2, 0.25) is 0 Å². The van der Waals surface area contributed by atoms with E-state index in [1.807, 2.05) is 12.1 Å². The van der Waals surface area contributed by atoms with Crippen LogP contribution in [0.4, 0.5) is 0 Å². The summed E-state index contributed by atoms with van der Waals surface area (Å²) in [6.07, 6.45) is 3.10. The fourth-order valence-corrected chi connectivity index (χ4v) is 3.09. The van der Waals surface area contributed by atoms with Gasteiger partial charge < -0.3 is 10.0 Å². The molecule has 0 aliphatic carbocycles. The van der Waals surface area contributed by atoms with Crippen LogP contribution in [0.3, 0.4) is 0 Å². The number of hydrogen-bond acceptors (Lipinski definition) is 4. The Morgan fingerprint density at radius 1 is 1.25 bits per heavy atom. The number of carbonyl (C=O) groups excluding carboxylic acids is 1. The van der Waals surface area contributed by atoms with Gasteiger partial charge in [-0.15, -0.1) is 5.10 Å². The van der Waals surface area contributed by atoms with Crippen LogP contribution in [0.15, 0.2) is 30.5 Å². The van der Waals surface area contributed by atoms with E-state index in [4.69, 9.17) is 16.7 Å². The first-order valence-corrected chi connectivity index (χ1v) is 8.10. The standard InChI is InChI=1S/C16H17ClN4O3/c17-12-3-1-2-4-14(12)21-10-13(18-19-21)16(24)20-7-5-11(6-8-20)9-15(22)23/h1-4,10-11H,5-9H2,(H,22,23). The molecule has 2 aromatic rings. The number of aliphatic carboxylic acids is 1. The maximum Gasteiger partial charge on any atom is 0.303 e. The van der Waals surface area contributed by atoms with Gasteiger partial charge >= 0.3 is 5.97 Å². The van der Waals surface area contributed by atoms with E-state index in [0.29, 0.717) is 36.6 Å². The molecule has 1 aromatic heterocycles. The van der Waals surface area contributed by atoms with Crippen LogP contribution in [0.1, 0.15) is 29.8 Å². The van der Waals surface area contributed by atoms with Gasteiger partial charge in [-0.3, -0.25) is 9.59 Å². The number of likely N-dealkylation sites (tertiary alicyclic amines) is 1. The summed E-state index contributed by atoms with van der Waals surface area (Å²) in [5.41, 5.74) is 0.914. The van der Waals surface area contributed by atoms with Gasteiger partial charge in [0.25, 0.3) is 5.91 Å². The lowest BCUT2D eigenvalue weighted by atomic mass is 9.93. The molecule has 0 saturated carbocycles. The van der Waals surface area contributed by atoms with Crippen LogP contribution in [-0.4, -0.2) is 50.0 Å². The lowest BCUT2D eigenvalue weighted by Gasteiger charge is -2.30. The smallest absolute Gasteiger partial charge is 0.303 e. The number of hydrogen-bond donors (Lipinski definition) is 1. The first kappa shape index (κ1) is 16.4. The highest BCUT2D eigenvalue weighted by molar-refractivity contribution is 6.32. The maximum absolute atomic E-state index is 12.5. The zero-order valence-corrected chi connectivity index (χ0v) is 13.7. The van der Waals surface area contributed by atoms with Crippen molar-refractivity contribution in [1.82, 2.24) is 19.9 Å². The van der Waals surface area contributed by atoms with Crippen LogP contribution in [0.2, 0.25) is 5.02 Å². The predicted molar refractivity (Wildman–Crippen MR) is 87.2 cm³/mol. The van der Waals surface area contributed by atoms with Crippen LogP contribution >= 0.6 is 11.6 Å². The van der Waals surface area contributed by atoms with Gasteiger partial charge in [0.15, 0.2) is 5.69 Å². The minimum Gasteiger partial charge on any atom is -0.481 e. The lowest BCUT2D eigenvalue weighted by Crippen LogP contribution is -2.39. The summed E-state index contributed by atoms with van der Waals surface area (Å²) in [6, 6.07) is 7.18. The number of benzene rings is 1. The van der Waals surface area contributed by atoms with E-state index >= 15 is 0 Å². The van der Waals surface area contributed by atoms with Crippen molar-refractivity contribution in [3.63, 3.8) is 0 Å². The summed E-state index contributed by atoms with van der Waals surface area (Å²) in [6.45, 7) is 1.07. The Hall–Kier alpha value is -2.41. The summed E-state index contributed by atoms with van der Waals surface area (Å²) in [5, 5.41) is 17.3. The molecule has 7 nitrogen and oxygen atoms in total. The van der Waals surface area contributed by atoms with E-state index in [1.54, 1.807) is 23.2 Å². The van der Waals surface area contributed by atoms with Gasteiger partial charge in [-0.1, -0.05) is 28.9 Å². The van der Waals surface area contributed by atoms with Gasteiger partial charge in [0, 0.05) is 19.5 Å². The number of carbonyl (C=O) groups is 2. The topological polar surface area (TPSA) is 88.3 Å². The van der Waals surface area contributed by atoms with E-state index in [0.717, 1.165) is 0 Å². The normalized spacial score (nSPS) is 15.5. The molecule has 1 N–H and O–H groups in total. The van der Waals surface area contributed by atoms with E-state index in [9.17, 15) is 9.59 Å². The Morgan fingerprint density at radius 3 is 2.62 bits per heavy atom. The molecule has 0 bridgehead atoms. The molecule has 0 unspecified atom stereocenters. The van der Waals surface area contributed by atoms with Gasteiger partial charge in [-0.05, 0) is 30.9 Å². The molecule has 1 aromatic carbocycles. The molecule has 3 rings (SSSR count). The molecule has 1 aliphatic heterocycles. The summed E-state index contributed by atoms with van der Waals surface area (Å²) in [7, 11) is 0. The summed E-state index contributed by atoms with van der Waals surface area (Å²) >= 11 is 6.12. The third-order valence-electron chi connectivity index (χ3n) is 4.18. The maximum atomic E-state index is 12.5. The van der Waals surface area contributed by atoms with Crippen LogP contribution in [0.5, 0.6) is 0 Å². The first-order valence-electron chi connectivity index (χ1n) is 7.73. The van der Waals surface area contributed by atoms with Crippen molar-refractivity contribution in [2.24, 2.45) is 5.92 Å². The Kier molecular flexibility index (Phi) is 4.80. The van der Waals surface area contributed by atoms with Crippen LogP contribution < -0.4 is 0 Å². The predicted octanol–water partition coefficient (Wildman–Crippen LogP) is 2.25. The molecule has 1 saturated heterocycles. The molecule has 1 fully saturated rings. The molecular weight excluding hydrogens is 332 g/mol. The Morgan fingerprint density at radius 2 is 1.96 bits per heavy atom. The third kappa shape index (κ3) is 3.56. The number of para-hydroxylation sites is 1. The first-order chi connectivity index (χ1) is 11.5. The van der Waals surface area contributed by atoms with Gasteiger partial charge in [-0.2, -0.15) is 0 Å². The second-order valence-corrected chi connectivity index (χ2v) is 6.24. The number of carboxylic acids is 1. The lowest BCUT2D eigenvalue weighted by molar-refractivity contribution is -0.138. The van der Waals surface area contributed by atoms with Gasteiger partial charge in [0.05, 0.1) is 16.9 Å². The Balaban J connectivity index is 1.67. The third-order valence-corrected chi connectivity index (χ3v) is 4.50. The van der Waals surface area contributed by atoms with Crippen LogP contribution in [0, 0.1) is 5.92 Å². The molecule has 2 heterocycles. The SMILES string of the molecule is O=C(O)CC1CCN(C(=O)c2cn(-c3ccccc3Cl)nn2)CC1. The van der Waals surface area contributed by atoms with Gasteiger partial charge in [-0.25, -0.2) is 4.68 Å². The summed E-state index contributed by atoms with van der Waals surface area (Å²) in [5.74, 6) is -0.852. The quantitative estimate of drug-likeness (QED) is 0.915. The summed E-state index contributed by atoms with van der Waals surface area (Å²) < 4.78 is 1.48. The Labute approximate surface area is 143 Å². The van der Waals surface area contributed by atoms with Crippen molar-refractivity contribution in [3.8, 4) is 5.69 Å². The van der Waals surface area contributed by atoms with E-state index in [1.165, 1.54) is 4.68 Å². The van der Waals surface area contributed by atoms with Gasteiger partial charge in [0.1, 0.15) is 0 Å². The summed E-state index contributed by atoms with van der Waals surface area (Å²) in [4.78, 5) is 25.0. The molecule has 0 spiro atoms. The zero-order valence-electron chi connectivity index (χ0n) is 12.9. The number of carboxylic acid groups (broad SMARTS) is 1.